The van der Waals surface area contributed by atoms with Gasteiger partial charge in [-0.3, -0.25) is 9.59 Å². The average Bonchev–Trinajstić information content (AvgIpc) is 2.15. The fraction of sp³-hybridized carbons (Fsp3) is 0.800. The summed E-state index contributed by atoms with van der Waals surface area (Å²) in [6, 6.07) is 0. The van der Waals surface area contributed by atoms with Gasteiger partial charge in [0.15, 0.2) is 5.12 Å². The Morgan fingerprint density at radius 2 is 2.08 bits per heavy atom. The summed E-state index contributed by atoms with van der Waals surface area (Å²) >= 11 is 1.43. The lowest BCUT2D eigenvalue weighted by Gasteiger charge is -2.18. The molecule has 0 saturated heterocycles. The number of hydrogen-bond acceptors (Lipinski definition) is 3. The van der Waals surface area contributed by atoms with E-state index in [0.717, 1.165) is 25.0 Å². The number of carbonyl (C=O) groups excluding carboxylic acids is 2. The van der Waals surface area contributed by atoms with Crippen LogP contribution in [0.1, 0.15) is 39.0 Å². The maximum absolute atomic E-state index is 11.5. The molecule has 0 aromatic rings. The van der Waals surface area contributed by atoms with Crippen molar-refractivity contribution >= 4 is 22.7 Å². The third-order valence-electron chi connectivity index (χ3n) is 2.33. The number of Topliss-reactive ketones (excluding diaryl/α,β-unsaturated/α-hetero) is 1. The number of thioether (sulfide) groups is 1. The SMILES string of the molecule is CCCSC(=O)C1CCC(=O)CC1. The fourth-order valence-electron chi connectivity index (χ4n) is 1.50. The molecule has 0 aliphatic heterocycles. The standard InChI is InChI=1S/C10H16O2S/c1-2-7-13-10(12)8-3-5-9(11)6-4-8/h8H,2-7H2,1H3. The van der Waals surface area contributed by atoms with Crippen LogP contribution < -0.4 is 0 Å². The molecule has 1 aliphatic rings. The first-order chi connectivity index (χ1) is 6.24. The molecule has 1 aliphatic carbocycles. The molecule has 0 amide bonds. The summed E-state index contributed by atoms with van der Waals surface area (Å²) in [5.74, 6) is 1.40. The second-order valence-corrected chi connectivity index (χ2v) is 4.58. The summed E-state index contributed by atoms with van der Waals surface area (Å²) in [7, 11) is 0. The molecule has 0 spiro atoms. The molecule has 1 fully saturated rings. The molecule has 3 heteroatoms. The summed E-state index contributed by atoms with van der Waals surface area (Å²) in [4.78, 5) is 22.4. The predicted octanol–water partition coefficient (Wildman–Crippen LogP) is 2.42. The summed E-state index contributed by atoms with van der Waals surface area (Å²) in [6.45, 7) is 2.07. The Bertz CT molecular complexity index is 191. The van der Waals surface area contributed by atoms with Crippen LogP contribution in [0.4, 0.5) is 0 Å². The number of ketones is 1. The van der Waals surface area contributed by atoms with E-state index in [4.69, 9.17) is 0 Å². The molecular formula is C10H16O2S. The Hall–Kier alpha value is -0.310. The van der Waals surface area contributed by atoms with Crippen LogP contribution in [0.5, 0.6) is 0 Å². The van der Waals surface area contributed by atoms with Gasteiger partial charge in [-0.25, -0.2) is 0 Å². The van der Waals surface area contributed by atoms with Crippen LogP contribution in [0.15, 0.2) is 0 Å². The second-order valence-electron chi connectivity index (χ2n) is 3.48. The molecule has 13 heavy (non-hydrogen) atoms. The zero-order chi connectivity index (χ0) is 9.68. The highest BCUT2D eigenvalue weighted by molar-refractivity contribution is 8.13. The normalized spacial score (nSPS) is 19.0. The van der Waals surface area contributed by atoms with Gasteiger partial charge in [0.1, 0.15) is 5.78 Å². The van der Waals surface area contributed by atoms with Crippen molar-refractivity contribution in [3.05, 3.63) is 0 Å². The van der Waals surface area contributed by atoms with Crippen molar-refractivity contribution < 1.29 is 9.59 Å². The first-order valence-corrected chi connectivity index (χ1v) is 5.91. The third kappa shape index (κ3) is 3.51. The van der Waals surface area contributed by atoms with Crippen molar-refractivity contribution in [1.29, 1.82) is 0 Å². The van der Waals surface area contributed by atoms with E-state index in [2.05, 4.69) is 6.92 Å². The molecular weight excluding hydrogens is 184 g/mol. The van der Waals surface area contributed by atoms with E-state index in [-0.39, 0.29) is 5.92 Å². The lowest BCUT2D eigenvalue weighted by atomic mass is 9.89. The highest BCUT2D eigenvalue weighted by Gasteiger charge is 2.24. The molecule has 0 bridgehead atoms. The van der Waals surface area contributed by atoms with Crippen LogP contribution in [-0.2, 0) is 9.59 Å². The Labute approximate surface area is 83.5 Å². The van der Waals surface area contributed by atoms with Crippen LogP contribution in [0, 0.1) is 5.92 Å². The lowest BCUT2D eigenvalue weighted by molar-refractivity contribution is -0.123. The van der Waals surface area contributed by atoms with Crippen LogP contribution in [0.25, 0.3) is 0 Å². The van der Waals surface area contributed by atoms with Gasteiger partial charge < -0.3 is 0 Å². The van der Waals surface area contributed by atoms with Crippen LogP contribution in [-0.4, -0.2) is 16.7 Å². The molecule has 0 atom stereocenters. The molecule has 0 radical (unpaired) electrons. The minimum atomic E-state index is 0.161. The van der Waals surface area contributed by atoms with E-state index in [9.17, 15) is 9.59 Å². The maximum atomic E-state index is 11.5. The summed E-state index contributed by atoms with van der Waals surface area (Å²) in [5.41, 5.74) is 0. The van der Waals surface area contributed by atoms with Crippen LogP contribution in [0.3, 0.4) is 0 Å². The fourth-order valence-corrected chi connectivity index (χ4v) is 2.37. The molecule has 2 nitrogen and oxygen atoms in total. The molecule has 0 unspecified atom stereocenters. The average molecular weight is 200 g/mol. The minimum Gasteiger partial charge on any atom is -0.300 e. The Morgan fingerprint density at radius 1 is 1.46 bits per heavy atom. The van der Waals surface area contributed by atoms with Crippen molar-refractivity contribution in [3.63, 3.8) is 0 Å². The number of carbonyl (C=O) groups is 2. The quantitative estimate of drug-likeness (QED) is 0.701. The maximum Gasteiger partial charge on any atom is 0.192 e. The minimum absolute atomic E-state index is 0.161. The Balaban J connectivity index is 2.27. The van der Waals surface area contributed by atoms with Crippen molar-refractivity contribution in [2.45, 2.75) is 39.0 Å². The third-order valence-corrected chi connectivity index (χ3v) is 3.56. The largest absolute Gasteiger partial charge is 0.300 e. The van der Waals surface area contributed by atoms with Crippen molar-refractivity contribution in [1.82, 2.24) is 0 Å². The van der Waals surface area contributed by atoms with E-state index in [1.54, 1.807) is 0 Å². The van der Waals surface area contributed by atoms with Gasteiger partial charge in [0.2, 0.25) is 0 Å². The monoisotopic (exact) mass is 200 g/mol. The molecule has 74 valence electrons. The van der Waals surface area contributed by atoms with Gasteiger partial charge in [-0.05, 0) is 19.3 Å². The van der Waals surface area contributed by atoms with E-state index in [0.29, 0.717) is 23.7 Å². The highest BCUT2D eigenvalue weighted by atomic mass is 32.2. The highest BCUT2D eigenvalue weighted by Crippen LogP contribution is 2.26. The van der Waals surface area contributed by atoms with Gasteiger partial charge in [0, 0.05) is 24.5 Å². The number of hydrogen-bond donors (Lipinski definition) is 0. The van der Waals surface area contributed by atoms with Gasteiger partial charge >= 0.3 is 0 Å². The van der Waals surface area contributed by atoms with Crippen LogP contribution in [0.2, 0.25) is 0 Å². The van der Waals surface area contributed by atoms with Gasteiger partial charge in [0.05, 0.1) is 0 Å². The number of rotatable bonds is 3. The first-order valence-electron chi connectivity index (χ1n) is 4.92. The summed E-state index contributed by atoms with van der Waals surface area (Å²) < 4.78 is 0. The molecule has 1 saturated carbocycles. The van der Waals surface area contributed by atoms with E-state index in [1.165, 1.54) is 11.8 Å². The lowest BCUT2D eigenvalue weighted by Crippen LogP contribution is -2.19. The zero-order valence-corrected chi connectivity index (χ0v) is 8.86. The van der Waals surface area contributed by atoms with E-state index in [1.807, 2.05) is 0 Å². The smallest absolute Gasteiger partial charge is 0.192 e. The van der Waals surface area contributed by atoms with Crippen molar-refractivity contribution in [3.8, 4) is 0 Å². The summed E-state index contributed by atoms with van der Waals surface area (Å²) in [5, 5.41) is 0.300. The van der Waals surface area contributed by atoms with Gasteiger partial charge in [-0.2, -0.15) is 0 Å². The van der Waals surface area contributed by atoms with E-state index >= 15 is 0 Å². The van der Waals surface area contributed by atoms with Gasteiger partial charge in [0.25, 0.3) is 0 Å². The van der Waals surface area contributed by atoms with Gasteiger partial charge in [-0.15, -0.1) is 0 Å². The Kier molecular flexibility index (Phi) is 4.50. The molecule has 1 rings (SSSR count). The predicted molar refractivity (Wildman–Crippen MR) is 54.7 cm³/mol. The topological polar surface area (TPSA) is 34.1 Å². The zero-order valence-electron chi connectivity index (χ0n) is 8.04. The molecule has 0 aromatic carbocycles. The van der Waals surface area contributed by atoms with E-state index < -0.39 is 0 Å². The second kappa shape index (κ2) is 5.43. The molecule has 0 aromatic heterocycles. The summed E-state index contributed by atoms with van der Waals surface area (Å²) in [6.07, 6.45) is 3.84. The molecule has 0 N–H and O–H groups in total. The first kappa shape index (κ1) is 10.8. The van der Waals surface area contributed by atoms with Gasteiger partial charge in [-0.1, -0.05) is 18.7 Å². The molecule has 0 heterocycles. The van der Waals surface area contributed by atoms with Crippen molar-refractivity contribution in [2.75, 3.05) is 5.75 Å². The Morgan fingerprint density at radius 3 is 2.62 bits per heavy atom. The van der Waals surface area contributed by atoms with Crippen molar-refractivity contribution in [2.24, 2.45) is 5.92 Å². The van der Waals surface area contributed by atoms with Crippen LogP contribution >= 0.6 is 11.8 Å².